The van der Waals surface area contributed by atoms with Crippen LogP contribution in [0.5, 0.6) is 0 Å². The maximum absolute atomic E-state index is 12.8. The van der Waals surface area contributed by atoms with Crippen molar-refractivity contribution in [3.8, 4) is 0 Å². The lowest BCUT2D eigenvalue weighted by atomic mass is 9.99. The van der Waals surface area contributed by atoms with E-state index in [1.54, 1.807) is 12.1 Å². The molecule has 0 saturated carbocycles. The number of hydrogen-bond donors (Lipinski definition) is 0. The number of Topliss-reactive ketones (excluding diaryl/α,β-unsaturated/α-hetero) is 1. The van der Waals surface area contributed by atoms with Crippen LogP contribution in [0.1, 0.15) is 28.2 Å². The van der Waals surface area contributed by atoms with Gasteiger partial charge in [-0.3, -0.25) is 9.10 Å². The Bertz CT molecular complexity index is 1020. The molecule has 3 rings (SSSR count). The average molecular weight is 434 g/mol. The van der Waals surface area contributed by atoms with Crippen LogP contribution >= 0.6 is 11.8 Å². The van der Waals surface area contributed by atoms with Crippen molar-refractivity contribution < 1.29 is 26.4 Å². The predicted octanol–water partition coefficient (Wildman–Crippen LogP) is 2.52. The number of nitrogens with zero attached hydrogens (tertiary/aromatic N) is 4. The first kappa shape index (κ1) is 20.6. The maximum atomic E-state index is 12.8. The number of carbonyl (C=O) groups is 1. The Morgan fingerprint density at radius 3 is 2.61 bits per heavy atom. The van der Waals surface area contributed by atoms with E-state index in [1.807, 2.05) is 0 Å². The fraction of sp³-hybridized carbons (Fsp3) is 0.438. The van der Waals surface area contributed by atoms with Gasteiger partial charge in [-0.15, -0.1) is 10.2 Å². The highest BCUT2D eigenvalue weighted by Gasteiger charge is 2.37. The summed E-state index contributed by atoms with van der Waals surface area (Å²) in [5, 5.41) is 6.59. The molecular weight excluding hydrogens is 417 g/mol. The van der Waals surface area contributed by atoms with Gasteiger partial charge in [-0.2, -0.15) is 13.2 Å². The Balaban J connectivity index is 1.75. The molecule has 7 nitrogen and oxygen atoms in total. The van der Waals surface area contributed by atoms with Gasteiger partial charge in [0.25, 0.3) is 0 Å². The van der Waals surface area contributed by atoms with E-state index < -0.39 is 22.0 Å². The van der Waals surface area contributed by atoms with Crippen molar-refractivity contribution in [3.63, 3.8) is 0 Å². The van der Waals surface area contributed by atoms with Gasteiger partial charge in [0.1, 0.15) is 0 Å². The molecule has 0 spiro atoms. The SMILES string of the molecule is Cn1c(SCC(=O)c2ccc3c(c2)CCCN3S(C)(=O)=O)nnc1C(F)(F)F. The number of ketones is 1. The standard InChI is InChI=1S/C16H17F3N4O3S2/c1-22-14(16(17,18)19)20-21-15(22)27-9-13(24)11-5-6-12-10(8-11)4-3-7-23(12)28(2,25)26/h5-6,8H,3-4,7,9H2,1-2H3. The molecule has 28 heavy (non-hydrogen) atoms. The zero-order valence-corrected chi connectivity index (χ0v) is 16.7. The van der Waals surface area contributed by atoms with Crippen LogP contribution in [0.4, 0.5) is 18.9 Å². The number of benzene rings is 1. The van der Waals surface area contributed by atoms with Gasteiger partial charge in [0, 0.05) is 19.2 Å². The molecule has 2 aromatic rings. The van der Waals surface area contributed by atoms with E-state index in [0.29, 0.717) is 30.6 Å². The highest BCUT2D eigenvalue weighted by atomic mass is 32.2. The van der Waals surface area contributed by atoms with Crippen LogP contribution in [-0.4, -0.2) is 47.5 Å². The number of fused-ring (bicyclic) bond motifs is 1. The van der Waals surface area contributed by atoms with Crippen LogP contribution in [0.3, 0.4) is 0 Å². The average Bonchev–Trinajstić information content (AvgIpc) is 2.98. The molecule has 0 N–H and O–H groups in total. The molecule has 2 heterocycles. The van der Waals surface area contributed by atoms with Crippen molar-refractivity contribution in [3.05, 3.63) is 35.2 Å². The van der Waals surface area contributed by atoms with Crippen molar-refractivity contribution in [2.75, 3.05) is 22.9 Å². The van der Waals surface area contributed by atoms with E-state index in [-0.39, 0.29) is 16.7 Å². The van der Waals surface area contributed by atoms with Gasteiger partial charge < -0.3 is 4.57 Å². The van der Waals surface area contributed by atoms with E-state index >= 15 is 0 Å². The van der Waals surface area contributed by atoms with Gasteiger partial charge in [-0.1, -0.05) is 11.8 Å². The van der Waals surface area contributed by atoms with Crippen LogP contribution in [0.15, 0.2) is 23.4 Å². The van der Waals surface area contributed by atoms with E-state index in [4.69, 9.17) is 0 Å². The molecule has 0 saturated heterocycles. The third-order valence-corrected chi connectivity index (χ3v) is 6.50. The van der Waals surface area contributed by atoms with Crippen LogP contribution in [0, 0.1) is 0 Å². The topological polar surface area (TPSA) is 85.2 Å². The van der Waals surface area contributed by atoms with Crippen LogP contribution < -0.4 is 4.31 Å². The smallest absolute Gasteiger partial charge is 0.302 e. The zero-order chi connectivity index (χ0) is 20.7. The molecule has 152 valence electrons. The van der Waals surface area contributed by atoms with Gasteiger partial charge in [-0.25, -0.2) is 8.42 Å². The molecule has 0 bridgehead atoms. The van der Waals surface area contributed by atoms with Gasteiger partial charge in [0.15, 0.2) is 10.9 Å². The summed E-state index contributed by atoms with van der Waals surface area (Å²) in [7, 11) is -2.21. The third kappa shape index (κ3) is 4.17. The molecule has 0 fully saturated rings. The number of anilines is 1. The van der Waals surface area contributed by atoms with Gasteiger partial charge in [0.2, 0.25) is 15.8 Å². The van der Waals surface area contributed by atoms with Crippen molar-refractivity contribution in [2.45, 2.75) is 24.2 Å². The van der Waals surface area contributed by atoms with E-state index in [0.717, 1.165) is 28.1 Å². The van der Waals surface area contributed by atoms with Crippen molar-refractivity contribution in [2.24, 2.45) is 7.05 Å². The molecule has 1 aliphatic heterocycles. The molecule has 1 aromatic carbocycles. The zero-order valence-electron chi connectivity index (χ0n) is 15.0. The fourth-order valence-electron chi connectivity index (χ4n) is 2.98. The summed E-state index contributed by atoms with van der Waals surface area (Å²) in [5.41, 5.74) is 1.69. The van der Waals surface area contributed by atoms with Crippen molar-refractivity contribution in [1.29, 1.82) is 0 Å². The first-order valence-electron chi connectivity index (χ1n) is 8.21. The molecule has 0 amide bonds. The van der Waals surface area contributed by atoms with Crippen LogP contribution in [0.2, 0.25) is 0 Å². The quantitative estimate of drug-likeness (QED) is 0.531. The van der Waals surface area contributed by atoms with E-state index in [2.05, 4.69) is 10.2 Å². The number of aryl methyl sites for hydroxylation is 1. The number of halogens is 3. The summed E-state index contributed by atoms with van der Waals surface area (Å²) in [5.74, 6) is -1.53. The fourth-order valence-corrected chi connectivity index (χ4v) is 4.78. The highest BCUT2D eigenvalue weighted by Crippen LogP contribution is 2.31. The van der Waals surface area contributed by atoms with Crippen molar-refractivity contribution >= 4 is 33.3 Å². The van der Waals surface area contributed by atoms with E-state index in [9.17, 15) is 26.4 Å². The summed E-state index contributed by atoms with van der Waals surface area (Å²) >= 11 is 0.863. The monoisotopic (exact) mass is 434 g/mol. The number of rotatable bonds is 5. The van der Waals surface area contributed by atoms with Gasteiger partial charge in [0.05, 0.1) is 17.7 Å². The summed E-state index contributed by atoms with van der Waals surface area (Å²) in [6.45, 7) is 0.392. The Morgan fingerprint density at radius 2 is 2.00 bits per heavy atom. The van der Waals surface area contributed by atoms with Gasteiger partial charge in [-0.05, 0) is 36.6 Å². The molecule has 1 aromatic heterocycles. The predicted molar refractivity (Wildman–Crippen MR) is 98.0 cm³/mol. The second-order valence-electron chi connectivity index (χ2n) is 6.36. The second kappa shape index (κ2) is 7.39. The lowest BCUT2D eigenvalue weighted by Crippen LogP contribution is -2.34. The third-order valence-electron chi connectivity index (χ3n) is 4.30. The highest BCUT2D eigenvalue weighted by molar-refractivity contribution is 7.99. The summed E-state index contributed by atoms with van der Waals surface area (Å²) in [6.07, 6.45) is -2.19. The van der Waals surface area contributed by atoms with Crippen molar-refractivity contribution in [1.82, 2.24) is 14.8 Å². The lowest BCUT2D eigenvalue weighted by molar-refractivity contribution is -0.147. The van der Waals surface area contributed by atoms with Gasteiger partial charge >= 0.3 is 6.18 Å². The molecule has 12 heteroatoms. The normalized spacial score (nSPS) is 14.8. The second-order valence-corrected chi connectivity index (χ2v) is 9.21. The first-order valence-corrected chi connectivity index (χ1v) is 11.0. The lowest BCUT2D eigenvalue weighted by Gasteiger charge is -2.29. The Kier molecular flexibility index (Phi) is 5.45. The molecule has 0 unspecified atom stereocenters. The number of alkyl halides is 3. The number of carbonyl (C=O) groups excluding carboxylic acids is 1. The summed E-state index contributed by atoms with van der Waals surface area (Å²) in [6, 6.07) is 4.77. The Hall–Kier alpha value is -2.08. The minimum absolute atomic E-state index is 0.0121. The minimum Gasteiger partial charge on any atom is -0.302 e. The van der Waals surface area contributed by atoms with Crippen LogP contribution in [-0.2, 0) is 29.7 Å². The number of aromatic nitrogens is 3. The summed E-state index contributed by atoms with van der Waals surface area (Å²) in [4.78, 5) is 12.5. The summed E-state index contributed by atoms with van der Waals surface area (Å²) < 4.78 is 64.2. The van der Waals surface area contributed by atoms with E-state index in [1.165, 1.54) is 17.4 Å². The maximum Gasteiger partial charge on any atom is 0.451 e. The molecular formula is C16H17F3N4O3S2. The Morgan fingerprint density at radius 1 is 1.29 bits per heavy atom. The molecule has 0 radical (unpaired) electrons. The number of thioether (sulfide) groups is 1. The largest absolute Gasteiger partial charge is 0.451 e. The number of sulfonamides is 1. The minimum atomic E-state index is -4.62. The first-order chi connectivity index (χ1) is 13.0. The number of hydrogen-bond acceptors (Lipinski definition) is 6. The Labute approximate surface area is 164 Å². The molecule has 0 atom stereocenters. The van der Waals surface area contributed by atoms with Crippen LogP contribution in [0.25, 0.3) is 0 Å². The molecule has 0 aliphatic carbocycles. The molecule has 1 aliphatic rings.